The van der Waals surface area contributed by atoms with Crippen molar-refractivity contribution in [2.75, 3.05) is 0 Å². The van der Waals surface area contributed by atoms with E-state index in [4.69, 9.17) is 0 Å². The number of benzene rings is 1. The van der Waals surface area contributed by atoms with Crippen LogP contribution in [0.4, 0.5) is 0 Å². The highest BCUT2D eigenvalue weighted by Gasteiger charge is 2.05. The third-order valence-electron chi connectivity index (χ3n) is 2.26. The second-order valence-electron chi connectivity index (χ2n) is 2.98. The maximum atomic E-state index is 2.26. The second-order valence-corrected chi connectivity index (χ2v) is 2.98. The van der Waals surface area contributed by atoms with E-state index in [1.54, 1.807) is 11.1 Å². The lowest BCUT2D eigenvalue weighted by Crippen LogP contribution is -2.00. The summed E-state index contributed by atoms with van der Waals surface area (Å²) < 4.78 is 0. The van der Waals surface area contributed by atoms with Gasteiger partial charge in [-0.05, 0) is 36.8 Å². The van der Waals surface area contributed by atoms with Gasteiger partial charge in [0.25, 0.3) is 0 Å². The summed E-state index contributed by atoms with van der Waals surface area (Å²) in [6, 6.07) is 8.80. The molecule has 15 heavy (non-hydrogen) atoms. The average Bonchev–Trinajstić information content (AvgIpc) is 2.34. The molecule has 0 aliphatic heterocycles. The maximum absolute atomic E-state index is 2.26. The van der Waals surface area contributed by atoms with Gasteiger partial charge in [-0.3, -0.25) is 0 Å². The van der Waals surface area contributed by atoms with Gasteiger partial charge in [0.15, 0.2) is 0 Å². The molecule has 0 bridgehead atoms. The van der Waals surface area contributed by atoms with Gasteiger partial charge < -0.3 is 5.48 Å². The minimum atomic E-state index is 0. The van der Waals surface area contributed by atoms with Gasteiger partial charge in [0, 0.05) is 0 Å². The van der Waals surface area contributed by atoms with Crippen LogP contribution in [0.2, 0.25) is 0 Å². The van der Waals surface area contributed by atoms with Crippen LogP contribution < -0.4 is 0 Å². The van der Waals surface area contributed by atoms with Crippen molar-refractivity contribution in [3.63, 3.8) is 0 Å². The SMILES string of the molecule is CC.CC.O.c1ccc2c(c1)CCCC2. The topological polar surface area (TPSA) is 31.5 Å². The molecular weight excluding hydrogens is 184 g/mol. The van der Waals surface area contributed by atoms with E-state index in [2.05, 4.69) is 24.3 Å². The summed E-state index contributed by atoms with van der Waals surface area (Å²) in [5.74, 6) is 0. The fourth-order valence-corrected chi connectivity index (χ4v) is 1.68. The van der Waals surface area contributed by atoms with E-state index >= 15 is 0 Å². The molecule has 0 radical (unpaired) electrons. The second kappa shape index (κ2) is 11.3. The summed E-state index contributed by atoms with van der Waals surface area (Å²) >= 11 is 0. The molecule has 2 N–H and O–H groups in total. The van der Waals surface area contributed by atoms with Crippen LogP contribution in [0.15, 0.2) is 24.3 Å². The minimum Gasteiger partial charge on any atom is -0.412 e. The summed E-state index contributed by atoms with van der Waals surface area (Å²) in [6.45, 7) is 8.00. The van der Waals surface area contributed by atoms with Crippen molar-refractivity contribution in [1.82, 2.24) is 0 Å². The average molecular weight is 210 g/mol. The summed E-state index contributed by atoms with van der Waals surface area (Å²) in [4.78, 5) is 0. The fraction of sp³-hybridized carbons (Fsp3) is 0.571. The lowest BCUT2D eigenvalue weighted by Gasteiger charge is -2.13. The van der Waals surface area contributed by atoms with Crippen molar-refractivity contribution < 1.29 is 5.48 Å². The summed E-state index contributed by atoms with van der Waals surface area (Å²) in [5, 5.41) is 0. The zero-order valence-electron chi connectivity index (χ0n) is 10.6. The van der Waals surface area contributed by atoms with Gasteiger partial charge in [-0.25, -0.2) is 0 Å². The Balaban J connectivity index is 0. The van der Waals surface area contributed by atoms with Crippen LogP contribution in [0.5, 0.6) is 0 Å². The first-order valence-corrected chi connectivity index (χ1v) is 6.03. The quantitative estimate of drug-likeness (QED) is 0.624. The molecule has 1 aliphatic carbocycles. The summed E-state index contributed by atoms with van der Waals surface area (Å²) in [6.07, 6.45) is 5.38. The molecule has 0 aromatic heterocycles. The molecule has 0 spiro atoms. The standard InChI is InChI=1S/C10H12.2C2H6.H2O/c1-2-6-10-8-4-3-7-9(10)5-1;2*1-2;/h1-2,5-6H,3-4,7-8H2;2*1-2H3;1H2. The predicted octanol–water partition coefficient (Wildman–Crippen LogP) is 3.79. The smallest absolute Gasteiger partial charge is 0.0276 e. The largest absolute Gasteiger partial charge is 0.412 e. The Morgan fingerprint density at radius 3 is 1.40 bits per heavy atom. The Morgan fingerprint density at radius 2 is 1.07 bits per heavy atom. The molecule has 1 aromatic rings. The van der Waals surface area contributed by atoms with Crippen molar-refractivity contribution in [2.24, 2.45) is 0 Å². The van der Waals surface area contributed by atoms with Crippen molar-refractivity contribution in [3.05, 3.63) is 35.4 Å². The van der Waals surface area contributed by atoms with Crippen LogP contribution in [-0.4, -0.2) is 5.48 Å². The van der Waals surface area contributed by atoms with E-state index in [-0.39, 0.29) is 5.48 Å². The molecule has 1 heteroatoms. The molecule has 0 heterocycles. The number of fused-ring (bicyclic) bond motifs is 1. The molecule has 0 amide bonds. The molecule has 0 atom stereocenters. The molecule has 0 fully saturated rings. The van der Waals surface area contributed by atoms with Gasteiger partial charge in [-0.2, -0.15) is 0 Å². The van der Waals surface area contributed by atoms with E-state index in [1.807, 2.05) is 27.7 Å². The van der Waals surface area contributed by atoms with Gasteiger partial charge >= 0.3 is 0 Å². The van der Waals surface area contributed by atoms with Crippen LogP contribution >= 0.6 is 0 Å². The highest BCUT2D eigenvalue weighted by molar-refractivity contribution is 5.28. The first-order chi connectivity index (χ1) is 6.97. The van der Waals surface area contributed by atoms with Crippen molar-refractivity contribution >= 4 is 0 Å². The maximum Gasteiger partial charge on any atom is -0.0276 e. The molecule has 0 unspecified atom stereocenters. The van der Waals surface area contributed by atoms with Gasteiger partial charge in [0.05, 0.1) is 0 Å². The summed E-state index contributed by atoms with van der Waals surface area (Å²) in [7, 11) is 0. The highest BCUT2D eigenvalue weighted by atomic mass is 16.0. The Bertz CT molecular complexity index is 206. The van der Waals surface area contributed by atoms with Crippen LogP contribution in [0.1, 0.15) is 51.7 Å². The minimum absolute atomic E-state index is 0. The number of rotatable bonds is 0. The first kappa shape index (κ1) is 16.6. The normalized spacial score (nSPS) is 11.7. The van der Waals surface area contributed by atoms with Gasteiger partial charge in [0.1, 0.15) is 0 Å². The van der Waals surface area contributed by atoms with E-state index in [1.165, 1.54) is 25.7 Å². The molecular formula is C14H26O. The van der Waals surface area contributed by atoms with Crippen LogP contribution in [0.25, 0.3) is 0 Å². The van der Waals surface area contributed by atoms with E-state index in [9.17, 15) is 0 Å². The fourth-order valence-electron chi connectivity index (χ4n) is 1.68. The monoisotopic (exact) mass is 210 g/mol. The molecule has 1 aromatic carbocycles. The third-order valence-corrected chi connectivity index (χ3v) is 2.26. The molecule has 1 nitrogen and oxygen atoms in total. The lowest BCUT2D eigenvalue weighted by atomic mass is 9.92. The zero-order chi connectivity index (χ0) is 10.8. The molecule has 0 saturated heterocycles. The number of hydrogen-bond donors (Lipinski definition) is 0. The predicted molar refractivity (Wildman–Crippen MR) is 69.4 cm³/mol. The van der Waals surface area contributed by atoms with E-state index < -0.39 is 0 Å². The molecule has 1 aliphatic rings. The molecule has 0 saturated carbocycles. The van der Waals surface area contributed by atoms with Crippen molar-refractivity contribution in [2.45, 2.75) is 53.4 Å². The molecule has 88 valence electrons. The van der Waals surface area contributed by atoms with Crippen LogP contribution in [-0.2, 0) is 12.8 Å². The summed E-state index contributed by atoms with van der Waals surface area (Å²) in [5.41, 5.74) is 3.16. The van der Waals surface area contributed by atoms with Crippen LogP contribution in [0, 0.1) is 0 Å². The zero-order valence-corrected chi connectivity index (χ0v) is 10.6. The Kier molecular flexibility index (Phi) is 12.5. The van der Waals surface area contributed by atoms with Crippen molar-refractivity contribution in [1.29, 1.82) is 0 Å². The Labute approximate surface area is 94.8 Å². The third kappa shape index (κ3) is 5.58. The highest BCUT2D eigenvalue weighted by Crippen LogP contribution is 2.19. The molecule has 2 rings (SSSR count). The van der Waals surface area contributed by atoms with Crippen molar-refractivity contribution in [3.8, 4) is 0 Å². The Morgan fingerprint density at radius 1 is 0.733 bits per heavy atom. The van der Waals surface area contributed by atoms with Gasteiger partial charge in [-0.15, -0.1) is 0 Å². The van der Waals surface area contributed by atoms with Crippen LogP contribution in [0.3, 0.4) is 0 Å². The van der Waals surface area contributed by atoms with Gasteiger partial charge in [0.2, 0.25) is 0 Å². The number of hydrogen-bond acceptors (Lipinski definition) is 0. The van der Waals surface area contributed by atoms with Gasteiger partial charge in [-0.1, -0.05) is 52.0 Å². The number of aryl methyl sites for hydroxylation is 2. The lowest BCUT2D eigenvalue weighted by molar-refractivity contribution is 0.685. The first-order valence-electron chi connectivity index (χ1n) is 6.03. The van der Waals surface area contributed by atoms with E-state index in [0.29, 0.717) is 0 Å². The van der Waals surface area contributed by atoms with E-state index in [0.717, 1.165) is 0 Å². The Hall–Kier alpha value is -0.820.